The van der Waals surface area contributed by atoms with Gasteiger partial charge >= 0.3 is 0 Å². The Morgan fingerprint density at radius 1 is 1.03 bits per heavy atom. The lowest BCUT2D eigenvalue weighted by Crippen LogP contribution is -2.39. The number of likely N-dealkylation sites (tertiary alicyclic amines) is 1. The molecule has 1 aliphatic rings. The molecular weight excluding hydrogens is 390 g/mol. The number of hydrogen-bond donors (Lipinski definition) is 3. The Labute approximate surface area is 172 Å². The van der Waals surface area contributed by atoms with E-state index in [2.05, 4.69) is 15.8 Å². The van der Waals surface area contributed by atoms with Crippen LogP contribution in [0.25, 0.3) is 0 Å². The zero-order chi connectivity index (χ0) is 20.8. The number of hydrazone groups is 1. The number of hydrogen-bond acceptors (Lipinski definition) is 5. The highest BCUT2D eigenvalue weighted by Gasteiger charge is 2.49. The van der Waals surface area contributed by atoms with Gasteiger partial charge in [0.15, 0.2) is 11.0 Å². The monoisotopic (exact) mass is 409 g/mol. The first kappa shape index (κ1) is 20.2. The van der Waals surface area contributed by atoms with E-state index >= 15 is 0 Å². The van der Waals surface area contributed by atoms with E-state index in [0.717, 1.165) is 16.0 Å². The van der Waals surface area contributed by atoms with E-state index in [1.54, 1.807) is 24.3 Å². The highest BCUT2D eigenvalue weighted by molar-refractivity contribution is 7.80. The number of rotatable bonds is 6. The summed E-state index contributed by atoms with van der Waals surface area (Å²) in [5.74, 6) is -3.31. The van der Waals surface area contributed by atoms with Gasteiger partial charge in [-0.3, -0.25) is 24.7 Å². The van der Waals surface area contributed by atoms with Crippen molar-refractivity contribution in [1.29, 1.82) is 0 Å². The van der Waals surface area contributed by atoms with Crippen LogP contribution < -0.4 is 16.5 Å². The van der Waals surface area contributed by atoms with Crippen LogP contribution in [0, 0.1) is 5.92 Å². The predicted octanol–water partition coefficient (Wildman–Crippen LogP) is 0.677. The van der Waals surface area contributed by atoms with Crippen molar-refractivity contribution in [2.45, 2.75) is 13.1 Å². The van der Waals surface area contributed by atoms with Crippen LogP contribution in [0.2, 0.25) is 0 Å². The number of nitrogens with zero attached hydrogens (tertiary/aromatic N) is 2. The number of carbonyl (C=O) groups excluding carboxylic acids is 3. The van der Waals surface area contributed by atoms with Gasteiger partial charge in [0.05, 0.1) is 6.54 Å². The molecule has 1 atom stereocenters. The summed E-state index contributed by atoms with van der Waals surface area (Å²) in [5.41, 5.74) is 9.03. The molecule has 3 rings (SSSR count). The van der Waals surface area contributed by atoms with Crippen molar-refractivity contribution in [2.24, 2.45) is 16.8 Å². The fourth-order valence-electron chi connectivity index (χ4n) is 2.90. The van der Waals surface area contributed by atoms with Gasteiger partial charge in [0, 0.05) is 6.54 Å². The van der Waals surface area contributed by atoms with Crippen molar-refractivity contribution in [3.8, 4) is 0 Å². The molecule has 0 spiro atoms. The number of imide groups is 1. The van der Waals surface area contributed by atoms with Crippen LogP contribution in [0.4, 0.5) is 0 Å². The molecular formula is C20H19N5O3S. The summed E-state index contributed by atoms with van der Waals surface area (Å²) in [6.45, 7) is 0.249. The van der Waals surface area contributed by atoms with E-state index in [1.165, 1.54) is 0 Å². The molecule has 148 valence electrons. The van der Waals surface area contributed by atoms with Gasteiger partial charge in [-0.05, 0) is 23.3 Å². The lowest BCUT2D eigenvalue weighted by Gasteiger charge is -2.14. The van der Waals surface area contributed by atoms with Crippen molar-refractivity contribution in [3.63, 3.8) is 0 Å². The van der Waals surface area contributed by atoms with Gasteiger partial charge in [0.1, 0.15) is 5.71 Å². The molecule has 1 fully saturated rings. The van der Waals surface area contributed by atoms with Crippen molar-refractivity contribution < 1.29 is 14.4 Å². The van der Waals surface area contributed by atoms with Gasteiger partial charge in [-0.2, -0.15) is 5.10 Å². The smallest absolute Gasteiger partial charge is 0.278 e. The standard InChI is InChI=1S/C20H19N5O3S/c21-20(29)24-23-16-15(17(26)22-11-13-7-3-1-4-8-13)18(27)25(19(16)28)12-14-9-5-2-6-10-14/h1-10,15H,11-12H2,(H,22,26)(H3,21,24,29)/b23-16-/t15-/m1/s1. The SMILES string of the molecule is NC(=S)N/N=C1\C(=O)N(Cc2ccccc2)C(=O)[C@H]1C(=O)NCc1ccccc1. The Kier molecular flexibility index (Phi) is 6.30. The lowest BCUT2D eigenvalue weighted by atomic mass is 10.0. The molecule has 2 aromatic rings. The number of benzene rings is 2. The number of nitrogens with two attached hydrogens (primary N) is 1. The first-order valence-corrected chi connectivity index (χ1v) is 9.22. The van der Waals surface area contributed by atoms with Crippen LogP contribution in [-0.4, -0.2) is 33.4 Å². The summed E-state index contributed by atoms with van der Waals surface area (Å²) >= 11 is 4.70. The van der Waals surface area contributed by atoms with Crippen molar-refractivity contribution >= 4 is 40.8 Å². The quantitative estimate of drug-likeness (QED) is 0.280. The number of thiocarbonyl (C=S) groups is 1. The summed E-state index contributed by atoms with van der Waals surface area (Å²) in [5, 5.41) is 6.34. The molecule has 9 heteroatoms. The van der Waals surface area contributed by atoms with Gasteiger partial charge in [0.25, 0.3) is 5.91 Å². The molecule has 1 heterocycles. The van der Waals surface area contributed by atoms with E-state index in [9.17, 15) is 14.4 Å². The molecule has 0 bridgehead atoms. The molecule has 29 heavy (non-hydrogen) atoms. The topological polar surface area (TPSA) is 117 Å². The lowest BCUT2D eigenvalue weighted by molar-refractivity contribution is -0.141. The van der Waals surface area contributed by atoms with E-state index in [0.29, 0.717) is 0 Å². The van der Waals surface area contributed by atoms with Crippen LogP contribution in [0.1, 0.15) is 11.1 Å². The van der Waals surface area contributed by atoms with Gasteiger partial charge in [0.2, 0.25) is 11.8 Å². The summed E-state index contributed by atoms with van der Waals surface area (Å²) < 4.78 is 0. The predicted molar refractivity (Wildman–Crippen MR) is 111 cm³/mol. The Morgan fingerprint density at radius 3 is 2.21 bits per heavy atom. The largest absolute Gasteiger partial charge is 0.375 e. The minimum absolute atomic E-state index is 0.0348. The molecule has 0 saturated carbocycles. The third-order valence-corrected chi connectivity index (χ3v) is 4.38. The van der Waals surface area contributed by atoms with Crippen molar-refractivity contribution in [3.05, 3.63) is 71.8 Å². The molecule has 0 aliphatic carbocycles. The number of carbonyl (C=O) groups is 3. The van der Waals surface area contributed by atoms with Crippen LogP contribution in [0.5, 0.6) is 0 Å². The molecule has 4 N–H and O–H groups in total. The molecule has 1 saturated heterocycles. The Balaban J connectivity index is 1.82. The van der Waals surface area contributed by atoms with E-state index in [1.807, 2.05) is 36.4 Å². The third kappa shape index (κ3) is 4.82. The number of nitrogens with one attached hydrogen (secondary N) is 2. The zero-order valence-electron chi connectivity index (χ0n) is 15.4. The summed E-state index contributed by atoms with van der Waals surface area (Å²) in [6.07, 6.45) is 0. The van der Waals surface area contributed by atoms with Crippen molar-refractivity contribution in [1.82, 2.24) is 15.6 Å². The minimum atomic E-state index is -1.38. The summed E-state index contributed by atoms with van der Waals surface area (Å²) in [7, 11) is 0. The average molecular weight is 409 g/mol. The zero-order valence-corrected chi connectivity index (χ0v) is 16.2. The highest BCUT2D eigenvalue weighted by Crippen LogP contribution is 2.21. The first-order chi connectivity index (χ1) is 14.0. The van der Waals surface area contributed by atoms with E-state index in [-0.39, 0.29) is 23.9 Å². The molecule has 0 unspecified atom stereocenters. The van der Waals surface area contributed by atoms with Crippen molar-refractivity contribution in [2.75, 3.05) is 0 Å². The molecule has 8 nitrogen and oxygen atoms in total. The molecule has 3 amide bonds. The van der Waals surface area contributed by atoms with Gasteiger partial charge in [-0.15, -0.1) is 0 Å². The van der Waals surface area contributed by atoms with Gasteiger partial charge in [-0.25, -0.2) is 0 Å². The molecule has 2 aromatic carbocycles. The van der Waals surface area contributed by atoms with Crippen LogP contribution in [0.3, 0.4) is 0 Å². The first-order valence-electron chi connectivity index (χ1n) is 8.81. The van der Waals surface area contributed by atoms with E-state index in [4.69, 9.17) is 18.0 Å². The molecule has 0 radical (unpaired) electrons. The summed E-state index contributed by atoms with van der Waals surface area (Å²) in [4.78, 5) is 39.4. The average Bonchev–Trinajstić information content (AvgIpc) is 2.96. The van der Waals surface area contributed by atoms with Crippen LogP contribution in [-0.2, 0) is 27.5 Å². The Morgan fingerprint density at radius 2 is 1.62 bits per heavy atom. The van der Waals surface area contributed by atoms with E-state index < -0.39 is 23.6 Å². The van der Waals surface area contributed by atoms with Crippen LogP contribution >= 0.6 is 12.2 Å². The second-order valence-electron chi connectivity index (χ2n) is 6.32. The Hall–Kier alpha value is -3.59. The minimum Gasteiger partial charge on any atom is -0.375 e. The normalized spacial score (nSPS) is 17.4. The maximum atomic E-state index is 12.9. The second-order valence-corrected chi connectivity index (χ2v) is 6.76. The van der Waals surface area contributed by atoms with Gasteiger partial charge in [-0.1, -0.05) is 60.7 Å². The fourth-order valence-corrected chi connectivity index (χ4v) is 2.95. The van der Waals surface area contributed by atoms with Crippen LogP contribution in [0.15, 0.2) is 65.8 Å². The summed E-state index contributed by atoms with van der Waals surface area (Å²) in [6, 6.07) is 18.2. The van der Waals surface area contributed by atoms with Gasteiger partial charge < -0.3 is 11.1 Å². The molecule has 0 aromatic heterocycles. The third-order valence-electron chi connectivity index (χ3n) is 4.29. The second kappa shape index (κ2) is 9.07. The maximum Gasteiger partial charge on any atom is 0.278 e. The Bertz CT molecular complexity index is 963. The number of amides is 3. The fraction of sp³-hybridized carbons (Fsp3) is 0.150. The maximum absolute atomic E-state index is 12.9. The highest BCUT2D eigenvalue weighted by atomic mass is 32.1. The molecule has 1 aliphatic heterocycles.